The zero-order valence-electron chi connectivity index (χ0n) is 9.42. The highest BCUT2D eigenvalue weighted by Crippen LogP contribution is 2.14. The molecule has 1 rings (SSSR count). The molecule has 0 aliphatic rings. The topological polar surface area (TPSA) is 51.0 Å². The molecule has 0 amide bonds. The predicted octanol–water partition coefficient (Wildman–Crippen LogP) is 2.05. The number of nitrogens with zero attached hydrogens (tertiary/aromatic N) is 2. The Kier molecular flexibility index (Phi) is 3.63. The van der Waals surface area contributed by atoms with Gasteiger partial charge in [-0.1, -0.05) is 13.8 Å². The van der Waals surface area contributed by atoms with Crippen molar-refractivity contribution in [1.82, 2.24) is 15.5 Å². The smallest absolute Gasteiger partial charge is 0.230 e. The first-order valence-corrected chi connectivity index (χ1v) is 5.13. The Labute approximate surface area is 85.1 Å². The normalized spacial score (nSPS) is 12.0. The van der Waals surface area contributed by atoms with Crippen molar-refractivity contribution in [1.29, 1.82) is 0 Å². The second-order valence-electron chi connectivity index (χ2n) is 3.84. The Morgan fingerprint density at radius 1 is 1.29 bits per heavy atom. The summed E-state index contributed by atoms with van der Waals surface area (Å²) in [5, 5.41) is 11.1. The monoisotopic (exact) mass is 197 g/mol. The van der Waals surface area contributed by atoms with Crippen molar-refractivity contribution in [2.75, 3.05) is 0 Å². The molecule has 4 nitrogen and oxygen atoms in total. The van der Waals surface area contributed by atoms with Gasteiger partial charge in [0.05, 0.1) is 6.54 Å². The minimum atomic E-state index is 0.169. The molecule has 4 heteroatoms. The maximum atomic E-state index is 5.28. The SMILES string of the molecule is CCC(C)(CC)NCc1nnc(C)o1. The number of hydrogen-bond donors (Lipinski definition) is 1. The van der Waals surface area contributed by atoms with Crippen molar-refractivity contribution >= 4 is 0 Å². The molecule has 80 valence electrons. The number of rotatable bonds is 5. The molecule has 1 heterocycles. The van der Waals surface area contributed by atoms with Gasteiger partial charge in [0.1, 0.15) is 0 Å². The fourth-order valence-corrected chi connectivity index (χ4v) is 1.20. The zero-order chi connectivity index (χ0) is 10.6. The van der Waals surface area contributed by atoms with E-state index >= 15 is 0 Å². The first kappa shape index (κ1) is 11.2. The van der Waals surface area contributed by atoms with Crippen molar-refractivity contribution in [2.45, 2.75) is 52.6 Å². The summed E-state index contributed by atoms with van der Waals surface area (Å²) < 4.78 is 5.28. The van der Waals surface area contributed by atoms with E-state index in [0.717, 1.165) is 12.8 Å². The van der Waals surface area contributed by atoms with Gasteiger partial charge in [-0.25, -0.2) is 0 Å². The molecule has 0 aliphatic heterocycles. The Morgan fingerprint density at radius 2 is 1.93 bits per heavy atom. The largest absolute Gasteiger partial charge is 0.424 e. The van der Waals surface area contributed by atoms with E-state index in [2.05, 4.69) is 36.3 Å². The third-order valence-corrected chi connectivity index (χ3v) is 2.79. The minimum Gasteiger partial charge on any atom is -0.424 e. The summed E-state index contributed by atoms with van der Waals surface area (Å²) in [6, 6.07) is 0. The van der Waals surface area contributed by atoms with Crippen LogP contribution in [0.25, 0.3) is 0 Å². The average Bonchev–Trinajstić information content (AvgIpc) is 2.61. The molecule has 1 aromatic heterocycles. The molecular formula is C10H19N3O. The molecule has 0 unspecified atom stereocenters. The van der Waals surface area contributed by atoms with Crippen LogP contribution in [0.15, 0.2) is 4.42 Å². The van der Waals surface area contributed by atoms with E-state index in [1.54, 1.807) is 6.92 Å². The molecule has 0 saturated carbocycles. The van der Waals surface area contributed by atoms with Gasteiger partial charge in [-0.3, -0.25) is 0 Å². The van der Waals surface area contributed by atoms with Crippen LogP contribution in [0.3, 0.4) is 0 Å². The van der Waals surface area contributed by atoms with Crippen molar-refractivity contribution in [3.8, 4) is 0 Å². The quantitative estimate of drug-likeness (QED) is 0.784. The van der Waals surface area contributed by atoms with Gasteiger partial charge in [0.15, 0.2) is 0 Å². The van der Waals surface area contributed by atoms with Crippen LogP contribution in [-0.2, 0) is 6.54 Å². The van der Waals surface area contributed by atoms with Gasteiger partial charge in [0, 0.05) is 12.5 Å². The predicted molar refractivity (Wildman–Crippen MR) is 54.9 cm³/mol. The standard InChI is InChI=1S/C10H19N3O/c1-5-10(4,6-2)11-7-9-13-12-8(3)14-9/h11H,5-7H2,1-4H3. The van der Waals surface area contributed by atoms with Gasteiger partial charge in [-0.05, 0) is 19.8 Å². The third-order valence-electron chi connectivity index (χ3n) is 2.79. The lowest BCUT2D eigenvalue weighted by Gasteiger charge is -2.27. The summed E-state index contributed by atoms with van der Waals surface area (Å²) in [7, 11) is 0. The lowest BCUT2D eigenvalue weighted by molar-refractivity contribution is 0.309. The Balaban J connectivity index is 2.47. The van der Waals surface area contributed by atoms with Gasteiger partial charge < -0.3 is 9.73 Å². The number of hydrogen-bond acceptors (Lipinski definition) is 4. The molecule has 0 fully saturated rings. The Hall–Kier alpha value is -0.900. The molecule has 0 saturated heterocycles. The van der Waals surface area contributed by atoms with Gasteiger partial charge in [0.25, 0.3) is 0 Å². The van der Waals surface area contributed by atoms with Crippen LogP contribution in [-0.4, -0.2) is 15.7 Å². The maximum absolute atomic E-state index is 5.28. The molecular weight excluding hydrogens is 178 g/mol. The van der Waals surface area contributed by atoms with Crippen molar-refractivity contribution in [2.24, 2.45) is 0 Å². The fraction of sp³-hybridized carbons (Fsp3) is 0.800. The zero-order valence-corrected chi connectivity index (χ0v) is 9.42. The summed E-state index contributed by atoms with van der Waals surface area (Å²) >= 11 is 0. The van der Waals surface area contributed by atoms with Crippen molar-refractivity contribution in [3.63, 3.8) is 0 Å². The van der Waals surface area contributed by atoms with Crippen LogP contribution in [0, 0.1) is 6.92 Å². The highest BCUT2D eigenvalue weighted by molar-refractivity contribution is 4.84. The van der Waals surface area contributed by atoms with E-state index in [1.165, 1.54) is 0 Å². The molecule has 0 radical (unpaired) electrons. The highest BCUT2D eigenvalue weighted by atomic mass is 16.4. The van der Waals surface area contributed by atoms with E-state index in [0.29, 0.717) is 18.3 Å². The summed E-state index contributed by atoms with van der Waals surface area (Å²) in [5.41, 5.74) is 0.169. The van der Waals surface area contributed by atoms with Gasteiger partial charge in [-0.15, -0.1) is 10.2 Å². The van der Waals surface area contributed by atoms with Crippen LogP contribution < -0.4 is 5.32 Å². The molecule has 1 N–H and O–H groups in total. The van der Waals surface area contributed by atoms with Crippen LogP contribution in [0.5, 0.6) is 0 Å². The molecule has 0 atom stereocenters. The highest BCUT2D eigenvalue weighted by Gasteiger charge is 2.19. The minimum absolute atomic E-state index is 0.169. The maximum Gasteiger partial charge on any atom is 0.230 e. The van der Waals surface area contributed by atoms with E-state index in [9.17, 15) is 0 Å². The molecule has 0 bridgehead atoms. The van der Waals surface area contributed by atoms with Crippen molar-refractivity contribution < 1.29 is 4.42 Å². The third kappa shape index (κ3) is 2.80. The Bertz CT molecular complexity index is 279. The molecule has 1 aromatic rings. The number of nitrogens with one attached hydrogen (secondary N) is 1. The first-order valence-electron chi connectivity index (χ1n) is 5.13. The van der Waals surface area contributed by atoms with Gasteiger partial charge in [-0.2, -0.15) is 0 Å². The van der Waals surface area contributed by atoms with Crippen molar-refractivity contribution in [3.05, 3.63) is 11.8 Å². The first-order chi connectivity index (χ1) is 6.59. The second-order valence-corrected chi connectivity index (χ2v) is 3.84. The molecule has 14 heavy (non-hydrogen) atoms. The number of aromatic nitrogens is 2. The van der Waals surface area contributed by atoms with Crippen LogP contribution in [0.1, 0.15) is 45.4 Å². The van der Waals surface area contributed by atoms with Crippen LogP contribution >= 0.6 is 0 Å². The molecule has 0 aromatic carbocycles. The van der Waals surface area contributed by atoms with E-state index < -0.39 is 0 Å². The summed E-state index contributed by atoms with van der Waals surface area (Å²) in [6.07, 6.45) is 2.19. The Morgan fingerprint density at radius 3 is 2.36 bits per heavy atom. The van der Waals surface area contributed by atoms with E-state index in [4.69, 9.17) is 4.42 Å². The summed E-state index contributed by atoms with van der Waals surface area (Å²) in [6.45, 7) is 9.01. The van der Waals surface area contributed by atoms with E-state index in [1.807, 2.05) is 0 Å². The van der Waals surface area contributed by atoms with Crippen LogP contribution in [0.4, 0.5) is 0 Å². The fourth-order valence-electron chi connectivity index (χ4n) is 1.20. The molecule has 0 spiro atoms. The van der Waals surface area contributed by atoms with Crippen LogP contribution in [0.2, 0.25) is 0 Å². The lowest BCUT2D eigenvalue weighted by Crippen LogP contribution is -2.40. The molecule has 0 aliphatic carbocycles. The van der Waals surface area contributed by atoms with E-state index in [-0.39, 0.29) is 5.54 Å². The number of aryl methyl sites for hydroxylation is 1. The average molecular weight is 197 g/mol. The van der Waals surface area contributed by atoms with Gasteiger partial charge in [0.2, 0.25) is 11.8 Å². The lowest BCUT2D eigenvalue weighted by atomic mass is 9.96. The van der Waals surface area contributed by atoms with Gasteiger partial charge >= 0.3 is 0 Å². The second kappa shape index (κ2) is 4.55. The summed E-state index contributed by atoms with van der Waals surface area (Å²) in [4.78, 5) is 0. The summed E-state index contributed by atoms with van der Waals surface area (Å²) in [5.74, 6) is 1.28.